The Hall–Kier alpha value is -0.570. The van der Waals surface area contributed by atoms with Crippen LogP contribution in [0.5, 0.6) is 0 Å². The van der Waals surface area contributed by atoms with Crippen LogP contribution in [-0.2, 0) is 4.79 Å². The van der Waals surface area contributed by atoms with Gasteiger partial charge in [-0.2, -0.15) is 0 Å². The lowest BCUT2D eigenvalue weighted by Crippen LogP contribution is -2.28. The molecule has 0 heterocycles. The molecule has 0 saturated heterocycles. The van der Waals surface area contributed by atoms with Crippen LogP contribution in [0.3, 0.4) is 0 Å². The Morgan fingerprint density at radius 3 is 2.13 bits per heavy atom. The maximum Gasteiger partial charge on any atom is 0.222 e. The molecule has 0 rings (SSSR count). The maximum absolute atomic E-state index is 11.2. The van der Waals surface area contributed by atoms with Crippen molar-refractivity contribution in [3.8, 4) is 0 Å². The molecule has 0 aliphatic rings. The van der Waals surface area contributed by atoms with Gasteiger partial charge in [-0.1, -0.05) is 34.1 Å². The zero-order valence-corrected chi connectivity index (χ0v) is 10.6. The van der Waals surface area contributed by atoms with Crippen LogP contribution in [0.1, 0.15) is 47.0 Å². The van der Waals surface area contributed by atoms with Crippen molar-refractivity contribution < 1.29 is 4.79 Å². The molecule has 1 amide bonds. The van der Waals surface area contributed by atoms with E-state index in [1.807, 2.05) is 13.8 Å². The molecular formula is C12H26N2O. The smallest absolute Gasteiger partial charge is 0.222 e. The summed E-state index contributed by atoms with van der Waals surface area (Å²) < 4.78 is 0. The molecule has 0 aromatic heterocycles. The molecule has 90 valence electrons. The quantitative estimate of drug-likeness (QED) is 0.606. The second-order valence-electron chi connectivity index (χ2n) is 4.62. The lowest BCUT2D eigenvalue weighted by molar-refractivity contribution is -0.123. The number of carbonyl (C=O) groups is 1. The van der Waals surface area contributed by atoms with Crippen LogP contribution in [0.25, 0.3) is 0 Å². The predicted octanol–water partition coefficient (Wildman–Crippen LogP) is 1.93. The molecule has 0 aliphatic heterocycles. The molecule has 0 atom stereocenters. The first-order valence-electron chi connectivity index (χ1n) is 6.05. The number of hydrogen-bond donors (Lipinski definition) is 2. The molecule has 0 aromatic carbocycles. The highest BCUT2D eigenvalue weighted by atomic mass is 16.1. The highest BCUT2D eigenvalue weighted by molar-refractivity contribution is 5.77. The van der Waals surface area contributed by atoms with E-state index in [2.05, 4.69) is 24.5 Å². The minimum Gasteiger partial charge on any atom is -0.356 e. The van der Waals surface area contributed by atoms with E-state index in [-0.39, 0.29) is 11.8 Å². The molecule has 3 nitrogen and oxygen atoms in total. The summed E-state index contributed by atoms with van der Waals surface area (Å²) in [4.78, 5) is 11.2. The van der Waals surface area contributed by atoms with Gasteiger partial charge >= 0.3 is 0 Å². The van der Waals surface area contributed by atoms with Gasteiger partial charge in [0.25, 0.3) is 0 Å². The van der Waals surface area contributed by atoms with Gasteiger partial charge in [0.15, 0.2) is 0 Å². The van der Waals surface area contributed by atoms with E-state index in [0.29, 0.717) is 6.04 Å². The Bertz CT molecular complexity index is 167. The Morgan fingerprint density at radius 1 is 1.00 bits per heavy atom. The fourth-order valence-corrected chi connectivity index (χ4v) is 1.23. The van der Waals surface area contributed by atoms with Crippen LogP contribution in [0.15, 0.2) is 0 Å². The molecule has 0 spiro atoms. The lowest BCUT2D eigenvalue weighted by Gasteiger charge is -2.09. The first-order chi connectivity index (χ1) is 7.04. The summed E-state index contributed by atoms with van der Waals surface area (Å²) in [7, 11) is 0. The summed E-state index contributed by atoms with van der Waals surface area (Å²) in [5, 5.41) is 6.30. The topological polar surface area (TPSA) is 41.1 Å². The standard InChI is InChI=1S/C12H26N2O/c1-10(2)12(15)14-9-7-5-6-8-13-11(3)4/h10-11,13H,5-9H2,1-4H3,(H,14,15). The van der Waals surface area contributed by atoms with Gasteiger partial charge in [0.1, 0.15) is 0 Å². The molecule has 0 aliphatic carbocycles. The highest BCUT2D eigenvalue weighted by Gasteiger charge is 2.04. The summed E-state index contributed by atoms with van der Waals surface area (Å²) in [6.45, 7) is 10.0. The van der Waals surface area contributed by atoms with Crippen LogP contribution in [-0.4, -0.2) is 25.0 Å². The van der Waals surface area contributed by atoms with E-state index in [4.69, 9.17) is 0 Å². The van der Waals surface area contributed by atoms with Crippen molar-refractivity contribution in [1.29, 1.82) is 0 Å². The Kier molecular flexibility index (Phi) is 8.38. The van der Waals surface area contributed by atoms with Crippen molar-refractivity contribution >= 4 is 5.91 Å². The van der Waals surface area contributed by atoms with Gasteiger partial charge in [0.2, 0.25) is 5.91 Å². The van der Waals surface area contributed by atoms with E-state index >= 15 is 0 Å². The lowest BCUT2D eigenvalue weighted by atomic mass is 10.2. The van der Waals surface area contributed by atoms with Gasteiger partial charge in [-0.3, -0.25) is 4.79 Å². The zero-order chi connectivity index (χ0) is 11.7. The fourth-order valence-electron chi connectivity index (χ4n) is 1.23. The average molecular weight is 214 g/mol. The van der Waals surface area contributed by atoms with Crippen LogP contribution in [0, 0.1) is 5.92 Å². The third-order valence-electron chi connectivity index (χ3n) is 2.23. The van der Waals surface area contributed by atoms with Gasteiger partial charge in [-0.05, 0) is 19.4 Å². The van der Waals surface area contributed by atoms with Crippen molar-refractivity contribution in [1.82, 2.24) is 10.6 Å². The van der Waals surface area contributed by atoms with Crippen molar-refractivity contribution in [2.45, 2.75) is 53.0 Å². The molecule has 0 saturated carbocycles. The molecule has 0 aromatic rings. The Morgan fingerprint density at radius 2 is 1.60 bits per heavy atom. The SMILES string of the molecule is CC(C)NCCCCCNC(=O)C(C)C. The second-order valence-corrected chi connectivity index (χ2v) is 4.62. The predicted molar refractivity (Wildman–Crippen MR) is 64.8 cm³/mol. The number of amides is 1. The third kappa shape index (κ3) is 9.73. The normalized spacial score (nSPS) is 11.1. The minimum absolute atomic E-state index is 0.104. The van der Waals surface area contributed by atoms with Crippen molar-refractivity contribution in [3.63, 3.8) is 0 Å². The molecule has 2 N–H and O–H groups in total. The molecular weight excluding hydrogens is 188 g/mol. The molecule has 0 unspecified atom stereocenters. The van der Waals surface area contributed by atoms with Crippen LogP contribution in [0.2, 0.25) is 0 Å². The number of unbranched alkanes of at least 4 members (excludes halogenated alkanes) is 2. The van der Waals surface area contributed by atoms with Crippen LogP contribution < -0.4 is 10.6 Å². The molecule has 0 fully saturated rings. The second kappa shape index (κ2) is 8.72. The molecule has 0 radical (unpaired) electrons. The van der Waals surface area contributed by atoms with E-state index in [0.717, 1.165) is 19.5 Å². The summed E-state index contributed by atoms with van der Waals surface area (Å²) >= 11 is 0. The van der Waals surface area contributed by atoms with Gasteiger partial charge in [-0.25, -0.2) is 0 Å². The molecule has 0 bridgehead atoms. The van der Waals surface area contributed by atoms with Crippen molar-refractivity contribution in [2.24, 2.45) is 5.92 Å². The number of carbonyl (C=O) groups excluding carboxylic acids is 1. The molecule has 15 heavy (non-hydrogen) atoms. The first kappa shape index (κ1) is 14.4. The Labute approximate surface area is 94.0 Å². The number of hydrogen-bond acceptors (Lipinski definition) is 2. The van der Waals surface area contributed by atoms with Gasteiger partial charge in [0, 0.05) is 18.5 Å². The summed E-state index contributed by atoms with van der Waals surface area (Å²) in [5.41, 5.74) is 0. The summed E-state index contributed by atoms with van der Waals surface area (Å²) in [5.74, 6) is 0.267. The van der Waals surface area contributed by atoms with Crippen molar-refractivity contribution in [2.75, 3.05) is 13.1 Å². The number of rotatable bonds is 8. The van der Waals surface area contributed by atoms with Gasteiger partial charge in [-0.15, -0.1) is 0 Å². The van der Waals surface area contributed by atoms with Gasteiger partial charge < -0.3 is 10.6 Å². The average Bonchev–Trinajstić information content (AvgIpc) is 2.15. The van der Waals surface area contributed by atoms with E-state index in [9.17, 15) is 4.79 Å². The zero-order valence-electron chi connectivity index (χ0n) is 10.6. The van der Waals surface area contributed by atoms with Crippen molar-refractivity contribution in [3.05, 3.63) is 0 Å². The van der Waals surface area contributed by atoms with Crippen LogP contribution >= 0.6 is 0 Å². The van der Waals surface area contributed by atoms with Crippen LogP contribution in [0.4, 0.5) is 0 Å². The molecule has 3 heteroatoms. The fraction of sp³-hybridized carbons (Fsp3) is 0.917. The van der Waals surface area contributed by atoms with E-state index in [1.54, 1.807) is 0 Å². The maximum atomic E-state index is 11.2. The largest absolute Gasteiger partial charge is 0.356 e. The minimum atomic E-state index is 0.104. The highest BCUT2D eigenvalue weighted by Crippen LogP contribution is 1.95. The monoisotopic (exact) mass is 214 g/mol. The summed E-state index contributed by atoms with van der Waals surface area (Å²) in [6.07, 6.45) is 3.45. The number of nitrogens with one attached hydrogen (secondary N) is 2. The third-order valence-corrected chi connectivity index (χ3v) is 2.23. The van der Waals surface area contributed by atoms with E-state index < -0.39 is 0 Å². The van der Waals surface area contributed by atoms with Gasteiger partial charge in [0.05, 0.1) is 0 Å². The van der Waals surface area contributed by atoms with E-state index in [1.165, 1.54) is 12.8 Å². The summed E-state index contributed by atoms with van der Waals surface area (Å²) in [6, 6.07) is 0.575. The first-order valence-corrected chi connectivity index (χ1v) is 6.05. The Balaban J connectivity index is 3.15.